The summed E-state index contributed by atoms with van der Waals surface area (Å²) < 4.78 is 37.0. The van der Waals surface area contributed by atoms with E-state index < -0.39 is 26.6 Å². The molecular weight excluding hydrogens is 363 g/mol. The number of carbonyl (C=O) groups is 1. The molecular formula is C13H18BrFN2O3S. The van der Waals surface area contributed by atoms with Crippen LogP contribution in [0.15, 0.2) is 21.5 Å². The van der Waals surface area contributed by atoms with Gasteiger partial charge in [-0.05, 0) is 30.9 Å². The lowest BCUT2D eigenvalue weighted by Crippen LogP contribution is -2.27. The van der Waals surface area contributed by atoms with E-state index in [2.05, 4.69) is 35.1 Å². The topological polar surface area (TPSA) is 89.3 Å². The quantitative estimate of drug-likeness (QED) is 0.742. The van der Waals surface area contributed by atoms with E-state index >= 15 is 0 Å². The molecule has 0 atom stereocenters. The van der Waals surface area contributed by atoms with Gasteiger partial charge < -0.3 is 5.32 Å². The maximum Gasteiger partial charge on any atom is 0.254 e. The number of hydrogen-bond acceptors (Lipinski definition) is 3. The third-order valence-electron chi connectivity index (χ3n) is 2.80. The fourth-order valence-corrected chi connectivity index (χ4v) is 3.00. The van der Waals surface area contributed by atoms with Crippen LogP contribution in [-0.2, 0) is 10.0 Å². The van der Waals surface area contributed by atoms with Crippen LogP contribution in [0.1, 0.15) is 37.0 Å². The highest BCUT2D eigenvalue weighted by atomic mass is 79.9. The maximum absolute atomic E-state index is 14.1. The Morgan fingerprint density at radius 3 is 2.57 bits per heavy atom. The molecule has 0 saturated heterocycles. The van der Waals surface area contributed by atoms with Crippen molar-refractivity contribution in [2.75, 3.05) is 6.54 Å². The van der Waals surface area contributed by atoms with Crippen LogP contribution in [0, 0.1) is 11.7 Å². The van der Waals surface area contributed by atoms with E-state index in [0.717, 1.165) is 18.9 Å². The van der Waals surface area contributed by atoms with Crippen LogP contribution < -0.4 is 10.5 Å². The molecule has 0 bridgehead atoms. The number of primary sulfonamides is 1. The number of nitrogens with two attached hydrogens (primary N) is 1. The van der Waals surface area contributed by atoms with Crippen molar-refractivity contribution in [2.45, 2.75) is 31.6 Å². The number of carbonyl (C=O) groups excluding carboxylic acids is 1. The minimum absolute atomic E-state index is 0.264. The average Bonchev–Trinajstić information content (AvgIpc) is 2.35. The highest BCUT2D eigenvalue weighted by Crippen LogP contribution is 2.23. The molecule has 0 aliphatic carbocycles. The Morgan fingerprint density at radius 2 is 2.05 bits per heavy atom. The van der Waals surface area contributed by atoms with E-state index in [1.54, 1.807) is 0 Å². The first-order valence-electron chi connectivity index (χ1n) is 6.43. The van der Waals surface area contributed by atoms with E-state index in [1.807, 2.05) is 0 Å². The summed E-state index contributed by atoms with van der Waals surface area (Å²) in [7, 11) is -4.23. The summed E-state index contributed by atoms with van der Waals surface area (Å²) in [6.07, 6.45) is 1.70. The Balaban J connectivity index is 2.93. The predicted octanol–water partition coefficient (Wildman–Crippen LogP) is 2.40. The van der Waals surface area contributed by atoms with E-state index in [0.29, 0.717) is 12.5 Å². The van der Waals surface area contributed by atoms with Crippen molar-refractivity contribution in [3.63, 3.8) is 0 Å². The minimum atomic E-state index is -4.23. The number of rotatable bonds is 6. The van der Waals surface area contributed by atoms with E-state index in [1.165, 1.54) is 6.07 Å². The van der Waals surface area contributed by atoms with Crippen LogP contribution in [0.4, 0.5) is 4.39 Å². The zero-order valence-corrected chi connectivity index (χ0v) is 14.2. The molecule has 0 aliphatic rings. The Hall–Kier alpha value is -0.990. The first-order chi connectivity index (χ1) is 9.62. The summed E-state index contributed by atoms with van der Waals surface area (Å²) in [6, 6.07) is 2.25. The Morgan fingerprint density at radius 1 is 1.43 bits per heavy atom. The Bertz CT molecular complexity index is 633. The van der Waals surface area contributed by atoms with Gasteiger partial charge in [-0.15, -0.1) is 0 Å². The predicted molar refractivity (Wildman–Crippen MR) is 81.9 cm³/mol. The van der Waals surface area contributed by atoms with Crippen molar-refractivity contribution in [3.05, 3.63) is 28.0 Å². The lowest BCUT2D eigenvalue weighted by Gasteiger charge is -2.10. The van der Waals surface area contributed by atoms with Crippen LogP contribution in [0.2, 0.25) is 0 Å². The van der Waals surface area contributed by atoms with Crippen molar-refractivity contribution in [1.29, 1.82) is 0 Å². The highest BCUT2D eigenvalue weighted by molar-refractivity contribution is 9.10. The normalized spacial score (nSPS) is 11.7. The lowest BCUT2D eigenvalue weighted by molar-refractivity contribution is 0.0948. The van der Waals surface area contributed by atoms with E-state index in [9.17, 15) is 17.6 Å². The van der Waals surface area contributed by atoms with Crippen molar-refractivity contribution in [1.82, 2.24) is 5.32 Å². The molecule has 8 heteroatoms. The SMILES string of the molecule is CC(C)CCCNC(=O)c1cc(Br)cc(S(N)(=O)=O)c1F. The van der Waals surface area contributed by atoms with Crippen LogP contribution >= 0.6 is 15.9 Å². The van der Waals surface area contributed by atoms with Gasteiger partial charge in [-0.1, -0.05) is 29.8 Å². The molecule has 0 heterocycles. The first-order valence-corrected chi connectivity index (χ1v) is 8.77. The molecule has 5 nitrogen and oxygen atoms in total. The summed E-state index contributed by atoms with van der Waals surface area (Å²) in [4.78, 5) is 11.2. The number of amides is 1. The first kappa shape index (κ1) is 18.1. The fourth-order valence-electron chi connectivity index (χ4n) is 1.74. The minimum Gasteiger partial charge on any atom is -0.352 e. The molecule has 0 fully saturated rings. The molecule has 0 aliphatic heterocycles. The molecule has 1 aromatic carbocycles. The number of hydrogen-bond donors (Lipinski definition) is 2. The van der Waals surface area contributed by atoms with Gasteiger partial charge in [0.1, 0.15) is 4.90 Å². The molecule has 118 valence electrons. The standard InChI is InChI=1S/C13H18BrFN2O3S/c1-8(2)4-3-5-17-13(18)10-6-9(14)7-11(12(10)15)21(16,19)20/h6-8H,3-5H2,1-2H3,(H,17,18)(H2,16,19,20). The molecule has 0 radical (unpaired) electrons. The highest BCUT2D eigenvalue weighted by Gasteiger charge is 2.22. The van der Waals surface area contributed by atoms with Crippen LogP contribution in [0.3, 0.4) is 0 Å². The van der Waals surface area contributed by atoms with Gasteiger partial charge in [0.05, 0.1) is 5.56 Å². The smallest absolute Gasteiger partial charge is 0.254 e. The molecule has 21 heavy (non-hydrogen) atoms. The van der Waals surface area contributed by atoms with Gasteiger partial charge in [-0.3, -0.25) is 4.79 Å². The number of sulfonamides is 1. The van der Waals surface area contributed by atoms with Gasteiger partial charge >= 0.3 is 0 Å². The van der Waals surface area contributed by atoms with Crippen LogP contribution in [0.25, 0.3) is 0 Å². The monoisotopic (exact) mass is 380 g/mol. The third-order valence-corrected chi connectivity index (χ3v) is 4.17. The van der Waals surface area contributed by atoms with Crippen molar-refractivity contribution in [3.8, 4) is 0 Å². The molecule has 0 aromatic heterocycles. The molecule has 0 saturated carbocycles. The van der Waals surface area contributed by atoms with Gasteiger partial charge in [0.2, 0.25) is 10.0 Å². The third kappa shape index (κ3) is 5.37. The van der Waals surface area contributed by atoms with Crippen LogP contribution in [0.5, 0.6) is 0 Å². The van der Waals surface area contributed by atoms with Crippen molar-refractivity contribution >= 4 is 31.9 Å². The summed E-state index contributed by atoms with van der Waals surface area (Å²) in [5, 5.41) is 7.50. The summed E-state index contributed by atoms with van der Waals surface area (Å²) in [5.41, 5.74) is -0.349. The Kier molecular flexibility index (Phi) is 6.30. The second kappa shape index (κ2) is 7.33. The molecule has 3 N–H and O–H groups in total. The summed E-state index contributed by atoms with van der Waals surface area (Å²) in [5.74, 6) is -1.29. The summed E-state index contributed by atoms with van der Waals surface area (Å²) in [6.45, 7) is 4.52. The number of halogens is 2. The lowest BCUT2D eigenvalue weighted by atomic mass is 10.1. The largest absolute Gasteiger partial charge is 0.352 e. The Labute approximate surface area is 132 Å². The number of nitrogens with one attached hydrogen (secondary N) is 1. The van der Waals surface area contributed by atoms with Gasteiger partial charge in [0.25, 0.3) is 5.91 Å². The van der Waals surface area contributed by atoms with Crippen molar-refractivity contribution in [2.24, 2.45) is 11.1 Å². The maximum atomic E-state index is 14.1. The fraction of sp³-hybridized carbons (Fsp3) is 0.462. The second-order valence-corrected chi connectivity index (χ2v) is 7.55. The van der Waals surface area contributed by atoms with Crippen molar-refractivity contribution < 1.29 is 17.6 Å². The second-order valence-electron chi connectivity index (χ2n) is 5.10. The van der Waals surface area contributed by atoms with Gasteiger partial charge in [-0.25, -0.2) is 17.9 Å². The summed E-state index contributed by atoms with van der Waals surface area (Å²) >= 11 is 3.04. The zero-order chi connectivity index (χ0) is 16.2. The molecule has 1 aromatic rings. The number of benzene rings is 1. The zero-order valence-electron chi connectivity index (χ0n) is 11.8. The van der Waals surface area contributed by atoms with Crippen LogP contribution in [-0.4, -0.2) is 20.9 Å². The molecule has 1 amide bonds. The van der Waals surface area contributed by atoms with Gasteiger partial charge in [0, 0.05) is 11.0 Å². The van der Waals surface area contributed by atoms with Gasteiger partial charge in [0.15, 0.2) is 5.82 Å². The molecule has 0 spiro atoms. The average molecular weight is 381 g/mol. The van der Waals surface area contributed by atoms with E-state index in [-0.39, 0.29) is 10.0 Å². The van der Waals surface area contributed by atoms with Gasteiger partial charge in [-0.2, -0.15) is 0 Å². The molecule has 1 rings (SSSR count). The molecule has 0 unspecified atom stereocenters. The van der Waals surface area contributed by atoms with E-state index in [4.69, 9.17) is 5.14 Å².